The van der Waals surface area contributed by atoms with Gasteiger partial charge in [-0.05, 0) is 37.1 Å². The number of carbonyl (C=O) groups is 3. The molecule has 0 radical (unpaired) electrons. The van der Waals surface area contributed by atoms with Crippen LogP contribution >= 0.6 is 11.6 Å². The monoisotopic (exact) mass is 396 g/mol. The van der Waals surface area contributed by atoms with Crippen molar-refractivity contribution in [3.63, 3.8) is 0 Å². The number of esters is 1. The normalized spacial score (nSPS) is 22.9. The molecule has 1 aromatic carbocycles. The van der Waals surface area contributed by atoms with Gasteiger partial charge < -0.3 is 10.1 Å². The Kier molecular flexibility index (Phi) is 6.90. The van der Waals surface area contributed by atoms with Gasteiger partial charge >= 0.3 is 5.97 Å². The first kappa shape index (κ1) is 20.8. The minimum Gasteiger partial charge on any atom is -0.453 e. The van der Waals surface area contributed by atoms with Gasteiger partial charge in [-0.2, -0.15) is 0 Å². The van der Waals surface area contributed by atoms with E-state index in [2.05, 4.69) is 5.32 Å². The lowest BCUT2D eigenvalue weighted by molar-refractivity contribution is -0.490. The summed E-state index contributed by atoms with van der Waals surface area (Å²) in [5, 5.41) is 13.9. The summed E-state index contributed by atoms with van der Waals surface area (Å²) in [6, 6.07) is 6.43. The zero-order valence-corrected chi connectivity index (χ0v) is 15.8. The fourth-order valence-electron chi connectivity index (χ4n) is 3.26. The second-order valence-electron chi connectivity index (χ2n) is 6.77. The number of ketones is 1. The number of nitrogens with one attached hydrogen (secondary N) is 1. The van der Waals surface area contributed by atoms with E-state index in [4.69, 9.17) is 16.3 Å². The smallest absolute Gasteiger partial charge is 0.307 e. The summed E-state index contributed by atoms with van der Waals surface area (Å²) >= 11 is 5.77. The number of ether oxygens (including phenoxy) is 1. The average Bonchev–Trinajstić information content (AvgIpc) is 2.83. The Morgan fingerprint density at radius 1 is 1.37 bits per heavy atom. The van der Waals surface area contributed by atoms with Gasteiger partial charge in [0.2, 0.25) is 6.54 Å². The molecule has 0 heterocycles. The van der Waals surface area contributed by atoms with Crippen molar-refractivity contribution in [2.45, 2.75) is 32.8 Å². The predicted molar refractivity (Wildman–Crippen MR) is 97.9 cm³/mol. The van der Waals surface area contributed by atoms with Gasteiger partial charge in [0.25, 0.3) is 5.91 Å². The molecule has 1 amide bonds. The van der Waals surface area contributed by atoms with Crippen LogP contribution < -0.4 is 5.32 Å². The average molecular weight is 397 g/mol. The number of rotatable bonds is 7. The molecular formula is C18H21ClN2O6. The maximum atomic E-state index is 12.2. The Labute approximate surface area is 161 Å². The van der Waals surface area contributed by atoms with Crippen molar-refractivity contribution in [2.75, 3.05) is 11.9 Å². The van der Waals surface area contributed by atoms with Crippen molar-refractivity contribution in [3.05, 3.63) is 39.4 Å². The lowest BCUT2D eigenvalue weighted by Crippen LogP contribution is -2.32. The molecule has 2 rings (SSSR count). The van der Waals surface area contributed by atoms with Gasteiger partial charge in [-0.1, -0.05) is 18.5 Å². The molecule has 27 heavy (non-hydrogen) atoms. The van der Waals surface area contributed by atoms with Crippen LogP contribution in [0.25, 0.3) is 0 Å². The van der Waals surface area contributed by atoms with Crippen LogP contribution in [0.4, 0.5) is 5.69 Å². The third-order valence-corrected chi connectivity index (χ3v) is 4.97. The Morgan fingerprint density at radius 2 is 2.00 bits per heavy atom. The van der Waals surface area contributed by atoms with Crippen molar-refractivity contribution in [1.82, 2.24) is 0 Å². The van der Waals surface area contributed by atoms with Crippen molar-refractivity contribution in [3.8, 4) is 0 Å². The van der Waals surface area contributed by atoms with Crippen LogP contribution in [-0.2, 0) is 19.1 Å². The maximum Gasteiger partial charge on any atom is 0.307 e. The highest BCUT2D eigenvalue weighted by atomic mass is 35.5. The Balaban J connectivity index is 1.91. The number of hydrogen-bond donors (Lipinski definition) is 1. The third kappa shape index (κ3) is 5.75. The molecule has 0 bridgehead atoms. The van der Waals surface area contributed by atoms with E-state index >= 15 is 0 Å². The first-order valence-corrected chi connectivity index (χ1v) is 8.95. The van der Waals surface area contributed by atoms with Crippen LogP contribution in [0.3, 0.4) is 0 Å². The summed E-state index contributed by atoms with van der Waals surface area (Å²) in [6.07, 6.45) is -1.13. The first-order valence-electron chi connectivity index (χ1n) is 8.57. The molecule has 0 spiro atoms. The number of Topliss-reactive ketones (excluding diaryl/α,β-unsaturated/α-hetero) is 1. The summed E-state index contributed by atoms with van der Waals surface area (Å²) in [5.41, 5.74) is 0.498. The molecule has 1 N–H and O–H groups in total. The van der Waals surface area contributed by atoms with Crippen molar-refractivity contribution >= 4 is 34.9 Å². The zero-order valence-electron chi connectivity index (χ0n) is 15.0. The molecule has 1 fully saturated rings. The van der Waals surface area contributed by atoms with Crippen LogP contribution in [0, 0.1) is 27.9 Å². The molecule has 8 nitrogen and oxygen atoms in total. The molecule has 0 unspecified atom stereocenters. The lowest BCUT2D eigenvalue weighted by Gasteiger charge is -2.18. The highest BCUT2D eigenvalue weighted by Crippen LogP contribution is 2.36. The summed E-state index contributed by atoms with van der Waals surface area (Å²) in [4.78, 5) is 46.7. The topological polar surface area (TPSA) is 116 Å². The van der Waals surface area contributed by atoms with Gasteiger partial charge in [0.15, 0.2) is 6.10 Å². The molecule has 1 saturated carbocycles. The number of halogens is 1. The third-order valence-electron chi connectivity index (χ3n) is 4.72. The van der Waals surface area contributed by atoms with E-state index in [1.807, 2.05) is 0 Å². The summed E-state index contributed by atoms with van der Waals surface area (Å²) in [7, 11) is 0. The SMILES string of the molecule is C[C@H](OC(=O)C[C@H]1C(=O)C[C@@H](C)[C@H]1C[N+](=O)[O-])C(=O)Nc1ccc(Cl)cc1. The fraction of sp³-hybridized carbons (Fsp3) is 0.500. The number of amides is 1. The summed E-state index contributed by atoms with van der Waals surface area (Å²) in [6.45, 7) is 2.81. The fourth-order valence-corrected chi connectivity index (χ4v) is 3.38. The predicted octanol–water partition coefficient (Wildman–Crippen LogP) is 2.72. The minimum atomic E-state index is -1.07. The molecule has 0 aliphatic heterocycles. The van der Waals surface area contributed by atoms with E-state index in [1.165, 1.54) is 6.92 Å². The molecule has 4 atom stereocenters. The van der Waals surface area contributed by atoms with Crippen LogP contribution in [0.1, 0.15) is 26.7 Å². The summed E-state index contributed by atoms with van der Waals surface area (Å²) in [5.74, 6) is -2.84. The van der Waals surface area contributed by atoms with E-state index < -0.39 is 34.7 Å². The second-order valence-corrected chi connectivity index (χ2v) is 7.20. The Hall–Kier alpha value is -2.48. The molecule has 1 aliphatic carbocycles. The van der Waals surface area contributed by atoms with E-state index in [-0.39, 0.29) is 31.1 Å². The minimum absolute atomic E-state index is 0.161. The molecule has 9 heteroatoms. The maximum absolute atomic E-state index is 12.2. The number of nitro groups is 1. The van der Waals surface area contributed by atoms with Gasteiger partial charge in [-0.25, -0.2) is 0 Å². The molecule has 1 aliphatic rings. The summed E-state index contributed by atoms with van der Waals surface area (Å²) < 4.78 is 5.11. The lowest BCUT2D eigenvalue weighted by atomic mass is 9.88. The molecule has 0 aromatic heterocycles. The van der Waals surface area contributed by atoms with Crippen molar-refractivity contribution in [1.29, 1.82) is 0 Å². The van der Waals surface area contributed by atoms with E-state index in [1.54, 1.807) is 31.2 Å². The van der Waals surface area contributed by atoms with Gasteiger partial charge in [0.05, 0.1) is 6.42 Å². The van der Waals surface area contributed by atoms with E-state index in [0.29, 0.717) is 10.7 Å². The van der Waals surface area contributed by atoms with Gasteiger partial charge in [0, 0.05) is 33.9 Å². The number of anilines is 1. The van der Waals surface area contributed by atoms with Gasteiger partial charge in [-0.3, -0.25) is 24.5 Å². The van der Waals surface area contributed by atoms with Gasteiger partial charge in [-0.15, -0.1) is 0 Å². The number of carbonyl (C=O) groups excluding carboxylic acids is 3. The van der Waals surface area contributed by atoms with Crippen molar-refractivity contribution in [2.24, 2.45) is 17.8 Å². The number of nitrogens with zero attached hydrogens (tertiary/aromatic N) is 1. The Bertz CT molecular complexity index is 736. The quantitative estimate of drug-likeness (QED) is 0.430. The Morgan fingerprint density at radius 3 is 2.59 bits per heavy atom. The molecular weight excluding hydrogens is 376 g/mol. The van der Waals surface area contributed by atoms with Crippen LogP contribution in [-0.4, -0.2) is 35.2 Å². The highest BCUT2D eigenvalue weighted by molar-refractivity contribution is 6.30. The van der Waals surface area contributed by atoms with E-state index in [9.17, 15) is 24.5 Å². The van der Waals surface area contributed by atoms with Gasteiger partial charge in [0.1, 0.15) is 5.78 Å². The number of hydrogen-bond acceptors (Lipinski definition) is 6. The molecule has 0 saturated heterocycles. The second kappa shape index (κ2) is 8.94. The largest absolute Gasteiger partial charge is 0.453 e. The first-order chi connectivity index (χ1) is 12.7. The molecule has 1 aromatic rings. The van der Waals surface area contributed by atoms with Crippen LogP contribution in [0.2, 0.25) is 5.02 Å². The zero-order chi connectivity index (χ0) is 20.1. The van der Waals surface area contributed by atoms with Crippen LogP contribution in [0.15, 0.2) is 24.3 Å². The standard InChI is InChI=1S/C18H21ClN2O6/c1-10-7-16(22)14(15(10)9-21(25)26)8-17(23)27-11(2)18(24)20-13-5-3-12(19)4-6-13/h3-6,10-11,14-15H,7-9H2,1-2H3,(H,20,24)/t10-,11+,14-,15-/m1/s1. The van der Waals surface area contributed by atoms with Crippen LogP contribution in [0.5, 0.6) is 0 Å². The number of benzene rings is 1. The molecule has 146 valence electrons. The van der Waals surface area contributed by atoms with Crippen molar-refractivity contribution < 1.29 is 24.0 Å². The highest BCUT2D eigenvalue weighted by Gasteiger charge is 2.44. The van der Waals surface area contributed by atoms with E-state index in [0.717, 1.165) is 0 Å².